The van der Waals surface area contributed by atoms with Gasteiger partial charge in [0, 0.05) is 22.5 Å². The normalized spacial score (nSPS) is 11.5. The van der Waals surface area contributed by atoms with Gasteiger partial charge in [-0.2, -0.15) is 0 Å². The molecule has 0 spiro atoms. The first-order valence-corrected chi connectivity index (χ1v) is 7.33. The van der Waals surface area contributed by atoms with Gasteiger partial charge < -0.3 is 5.32 Å². The molecule has 1 heterocycles. The van der Waals surface area contributed by atoms with Crippen LogP contribution >= 0.6 is 22.6 Å². The van der Waals surface area contributed by atoms with Crippen LogP contribution in [0.25, 0.3) is 0 Å². The van der Waals surface area contributed by atoms with Crippen LogP contribution in [0.5, 0.6) is 0 Å². The molecule has 0 aliphatic rings. The van der Waals surface area contributed by atoms with Crippen LogP contribution in [-0.2, 0) is 0 Å². The first kappa shape index (κ1) is 14.7. The fourth-order valence-corrected chi connectivity index (χ4v) is 1.94. The van der Waals surface area contributed by atoms with Gasteiger partial charge >= 0.3 is 0 Å². The minimum Gasteiger partial charge on any atom is -0.354 e. The predicted molar refractivity (Wildman–Crippen MR) is 81.2 cm³/mol. The molecule has 0 bridgehead atoms. The zero-order valence-electron chi connectivity index (χ0n) is 11.0. The van der Waals surface area contributed by atoms with E-state index in [-0.39, 0.29) is 0 Å². The molecular weight excluding hydrogens is 325 g/mol. The third-order valence-electron chi connectivity index (χ3n) is 2.80. The molecule has 0 aliphatic heterocycles. The number of hydrogen-bond acceptors (Lipinski definition) is 3. The highest BCUT2D eigenvalue weighted by molar-refractivity contribution is 14.1. The minimum absolute atomic E-state index is 0.307. The quantitative estimate of drug-likeness (QED) is 0.596. The highest BCUT2D eigenvalue weighted by atomic mass is 127. The number of aromatic nitrogens is 2. The second-order valence-corrected chi connectivity index (χ2v) is 6.45. The topological polar surface area (TPSA) is 37.8 Å². The van der Waals surface area contributed by atoms with Crippen molar-refractivity contribution in [2.45, 2.75) is 46.5 Å². The summed E-state index contributed by atoms with van der Waals surface area (Å²) >= 11 is 2.21. The molecule has 0 fully saturated rings. The lowest BCUT2D eigenvalue weighted by molar-refractivity contribution is 0.342. The van der Waals surface area contributed by atoms with E-state index in [1.165, 1.54) is 25.7 Å². The van der Waals surface area contributed by atoms with Crippen LogP contribution in [0.3, 0.4) is 0 Å². The van der Waals surface area contributed by atoms with Crippen molar-refractivity contribution in [1.82, 2.24) is 9.97 Å². The van der Waals surface area contributed by atoms with E-state index in [4.69, 9.17) is 0 Å². The largest absolute Gasteiger partial charge is 0.354 e. The summed E-state index contributed by atoms with van der Waals surface area (Å²) in [4.78, 5) is 8.50. The Morgan fingerprint density at radius 3 is 2.47 bits per heavy atom. The molecule has 0 saturated heterocycles. The summed E-state index contributed by atoms with van der Waals surface area (Å²) in [6.45, 7) is 7.76. The van der Waals surface area contributed by atoms with E-state index in [1.54, 1.807) is 0 Å². The SMILES string of the molecule is CCCCCC(C)(C)CNc1ncc(I)cn1. The molecule has 1 N–H and O–H groups in total. The summed E-state index contributed by atoms with van der Waals surface area (Å²) in [5, 5.41) is 3.31. The molecule has 0 saturated carbocycles. The fraction of sp³-hybridized carbons (Fsp3) is 0.692. The molecule has 0 radical (unpaired) electrons. The van der Waals surface area contributed by atoms with Gasteiger partial charge in [-0.15, -0.1) is 0 Å². The van der Waals surface area contributed by atoms with Gasteiger partial charge in [0.25, 0.3) is 0 Å². The molecule has 0 aromatic carbocycles. The summed E-state index contributed by atoms with van der Waals surface area (Å²) < 4.78 is 1.07. The van der Waals surface area contributed by atoms with Crippen molar-refractivity contribution in [2.24, 2.45) is 5.41 Å². The Hall–Kier alpha value is -0.390. The van der Waals surface area contributed by atoms with Gasteiger partial charge in [0.2, 0.25) is 5.95 Å². The van der Waals surface area contributed by atoms with E-state index < -0.39 is 0 Å². The fourth-order valence-electron chi connectivity index (χ4n) is 1.66. The molecule has 1 aromatic rings. The Labute approximate surface area is 118 Å². The van der Waals surface area contributed by atoms with E-state index in [9.17, 15) is 0 Å². The molecule has 1 rings (SSSR count). The second kappa shape index (κ2) is 7.13. The number of nitrogens with zero attached hydrogens (tertiary/aromatic N) is 2. The lowest BCUT2D eigenvalue weighted by Gasteiger charge is -2.24. The second-order valence-electron chi connectivity index (χ2n) is 5.20. The van der Waals surface area contributed by atoms with Crippen molar-refractivity contribution < 1.29 is 0 Å². The maximum atomic E-state index is 4.25. The number of hydrogen-bond donors (Lipinski definition) is 1. The van der Waals surface area contributed by atoms with Gasteiger partial charge in [-0.1, -0.05) is 40.0 Å². The van der Waals surface area contributed by atoms with Crippen LogP contribution in [0.4, 0.5) is 5.95 Å². The van der Waals surface area contributed by atoms with E-state index in [2.05, 4.69) is 58.6 Å². The third-order valence-corrected chi connectivity index (χ3v) is 3.36. The number of unbranched alkanes of at least 4 members (excludes halogenated alkanes) is 2. The Balaban J connectivity index is 2.35. The van der Waals surface area contributed by atoms with Gasteiger partial charge in [-0.25, -0.2) is 9.97 Å². The van der Waals surface area contributed by atoms with Crippen molar-refractivity contribution in [2.75, 3.05) is 11.9 Å². The molecule has 3 nitrogen and oxygen atoms in total. The summed E-state index contributed by atoms with van der Waals surface area (Å²) in [5.41, 5.74) is 0.307. The maximum absolute atomic E-state index is 4.25. The monoisotopic (exact) mass is 347 g/mol. The van der Waals surface area contributed by atoms with Crippen LogP contribution in [0.1, 0.15) is 46.5 Å². The molecule has 17 heavy (non-hydrogen) atoms. The van der Waals surface area contributed by atoms with Crippen LogP contribution in [-0.4, -0.2) is 16.5 Å². The molecular formula is C13H22IN3. The van der Waals surface area contributed by atoms with Gasteiger partial charge in [0.05, 0.1) is 0 Å². The van der Waals surface area contributed by atoms with Crippen molar-refractivity contribution in [3.05, 3.63) is 16.0 Å². The zero-order chi connectivity index (χ0) is 12.7. The first-order chi connectivity index (χ1) is 8.03. The van der Waals surface area contributed by atoms with E-state index in [1.807, 2.05) is 12.4 Å². The van der Waals surface area contributed by atoms with Crippen molar-refractivity contribution >= 4 is 28.5 Å². The lowest BCUT2D eigenvalue weighted by Crippen LogP contribution is -2.23. The highest BCUT2D eigenvalue weighted by Crippen LogP contribution is 2.23. The van der Waals surface area contributed by atoms with Gasteiger partial charge in [0.15, 0.2) is 0 Å². The Morgan fingerprint density at radius 1 is 1.24 bits per heavy atom. The molecule has 1 aromatic heterocycles. The van der Waals surface area contributed by atoms with Crippen molar-refractivity contribution in [3.63, 3.8) is 0 Å². The third kappa shape index (κ3) is 6.19. The molecule has 0 amide bonds. The Bertz CT molecular complexity index is 322. The number of anilines is 1. The molecule has 4 heteroatoms. The average molecular weight is 347 g/mol. The summed E-state index contributed by atoms with van der Waals surface area (Å²) in [6, 6.07) is 0. The van der Waals surface area contributed by atoms with E-state index in [0.717, 1.165) is 16.1 Å². The molecule has 0 unspecified atom stereocenters. The summed E-state index contributed by atoms with van der Waals surface area (Å²) in [6.07, 6.45) is 8.82. The summed E-state index contributed by atoms with van der Waals surface area (Å²) in [7, 11) is 0. The zero-order valence-corrected chi connectivity index (χ0v) is 13.1. The first-order valence-electron chi connectivity index (χ1n) is 6.25. The van der Waals surface area contributed by atoms with Crippen molar-refractivity contribution in [3.8, 4) is 0 Å². The highest BCUT2D eigenvalue weighted by Gasteiger charge is 2.17. The number of rotatable bonds is 7. The minimum atomic E-state index is 0.307. The molecule has 0 aliphatic carbocycles. The maximum Gasteiger partial charge on any atom is 0.222 e. The van der Waals surface area contributed by atoms with Crippen LogP contribution in [0, 0.1) is 8.99 Å². The van der Waals surface area contributed by atoms with Gasteiger partial charge in [0.1, 0.15) is 0 Å². The standard InChI is InChI=1S/C13H22IN3/c1-4-5-6-7-13(2,3)10-17-12-15-8-11(14)9-16-12/h8-9H,4-7,10H2,1-3H3,(H,15,16,17). The van der Waals surface area contributed by atoms with Crippen LogP contribution in [0.15, 0.2) is 12.4 Å². The predicted octanol–water partition coefficient (Wildman–Crippen LogP) is 4.10. The van der Waals surface area contributed by atoms with Gasteiger partial charge in [-0.05, 0) is 34.4 Å². The number of nitrogens with one attached hydrogen (secondary N) is 1. The van der Waals surface area contributed by atoms with Gasteiger partial charge in [-0.3, -0.25) is 0 Å². The Morgan fingerprint density at radius 2 is 1.88 bits per heavy atom. The molecule has 96 valence electrons. The number of halogens is 1. The van der Waals surface area contributed by atoms with Crippen LogP contribution < -0.4 is 5.32 Å². The smallest absolute Gasteiger partial charge is 0.222 e. The summed E-state index contributed by atoms with van der Waals surface area (Å²) in [5.74, 6) is 0.731. The van der Waals surface area contributed by atoms with Crippen LogP contribution in [0.2, 0.25) is 0 Å². The Kier molecular flexibility index (Phi) is 6.16. The molecule has 0 atom stereocenters. The van der Waals surface area contributed by atoms with E-state index >= 15 is 0 Å². The van der Waals surface area contributed by atoms with E-state index in [0.29, 0.717) is 5.41 Å². The van der Waals surface area contributed by atoms with Crippen molar-refractivity contribution in [1.29, 1.82) is 0 Å². The average Bonchev–Trinajstić information content (AvgIpc) is 2.29. The lowest BCUT2D eigenvalue weighted by atomic mass is 9.87.